The van der Waals surface area contributed by atoms with Crippen molar-refractivity contribution in [1.29, 1.82) is 0 Å². The molecule has 1 aliphatic rings. The van der Waals surface area contributed by atoms with Crippen LogP contribution in [0.3, 0.4) is 0 Å². The lowest BCUT2D eigenvalue weighted by atomic mass is 10.1. The first-order chi connectivity index (χ1) is 9.92. The minimum absolute atomic E-state index is 0.161. The summed E-state index contributed by atoms with van der Waals surface area (Å²) < 4.78 is 5.12. The number of amides is 2. The van der Waals surface area contributed by atoms with Crippen LogP contribution >= 0.6 is 0 Å². The van der Waals surface area contributed by atoms with Gasteiger partial charge in [-0.15, -0.1) is 0 Å². The highest BCUT2D eigenvalue weighted by Gasteiger charge is 2.39. The molecule has 0 aliphatic carbocycles. The average Bonchev–Trinajstić information content (AvgIpc) is 3.03. The number of hydrogen-bond acceptors (Lipinski definition) is 5. The van der Waals surface area contributed by atoms with Crippen molar-refractivity contribution in [2.75, 3.05) is 13.6 Å². The Morgan fingerprint density at radius 2 is 2.29 bits per heavy atom. The van der Waals surface area contributed by atoms with Gasteiger partial charge in [0.05, 0.1) is 5.69 Å². The van der Waals surface area contributed by atoms with Crippen LogP contribution in [0.4, 0.5) is 0 Å². The third kappa shape index (κ3) is 3.41. The van der Waals surface area contributed by atoms with Gasteiger partial charge >= 0.3 is 0 Å². The number of aromatic nitrogens is 1. The number of carbonyl (C=O) groups is 2. The SMILES string of the molecule is CNC(=O)[C@@H]1C[C@@H](N)CN1C(=O)c1cc(CC(C)C)no1. The van der Waals surface area contributed by atoms with Crippen LogP contribution < -0.4 is 11.1 Å². The van der Waals surface area contributed by atoms with E-state index in [0.717, 1.165) is 12.1 Å². The fourth-order valence-electron chi connectivity index (χ4n) is 2.58. The van der Waals surface area contributed by atoms with Gasteiger partial charge in [-0.05, 0) is 18.8 Å². The Balaban J connectivity index is 2.14. The Bertz CT molecular complexity index is 526. The van der Waals surface area contributed by atoms with Crippen LogP contribution in [-0.4, -0.2) is 47.5 Å². The highest BCUT2D eigenvalue weighted by Crippen LogP contribution is 2.20. The zero-order valence-corrected chi connectivity index (χ0v) is 12.6. The lowest BCUT2D eigenvalue weighted by molar-refractivity contribution is -0.124. The van der Waals surface area contributed by atoms with Crippen molar-refractivity contribution < 1.29 is 14.1 Å². The second kappa shape index (κ2) is 6.26. The molecule has 7 heteroatoms. The Labute approximate surface area is 123 Å². The lowest BCUT2D eigenvalue weighted by Crippen LogP contribution is -2.44. The van der Waals surface area contributed by atoms with Gasteiger partial charge in [0.25, 0.3) is 5.91 Å². The number of nitrogens with zero attached hydrogens (tertiary/aromatic N) is 2. The summed E-state index contributed by atoms with van der Waals surface area (Å²) in [5.41, 5.74) is 6.62. The van der Waals surface area contributed by atoms with Gasteiger partial charge in [-0.25, -0.2) is 0 Å². The first-order valence-corrected chi connectivity index (χ1v) is 7.16. The van der Waals surface area contributed by atoms with Gasteiger partial charge in [0.1, 0.15) is 6.04 Å². The second-order valence-corrected chi connectivity index (χ2v) is 5.86. The quantitative estimate of drug-likeness (QED) is 0.823. The van der Waals surface area contributed by atoms with E-state index in [1.807, 2.05) is 0 Å². The molecule has 2 heterocycles. The number of nitrogens with one attached hydrogen (secondary N) is 1. The molecule has 0 aromatic carbocycles. The molecular weight excluding hydrogens is 272 g/mol. The maximum Gasteiger partial charge on any atom is 0.293 e. The third-order valence-electron chi connectivity index (χ3n) is 3.53. The van der Waals surface area contributed by atoms with Crippen molar-refractivity contribution in [3.05, 3.63) is 17.5 Å². The summed E-state index contributed by atoms with van der Waals surface area (Å²) in [6.07, 6.45) is 1.20. The van der Waals surface area contributed by atoms with Gasteiger partial charge in [0.2, 0.25) is 11.7 Å². The van der Waals surface area contributed by atoms with E-state index < -0.39 is 6.04 Å². The Kier molecular flexibility index (Phi) is 4.62. The summed E-state index contributed by atoms with van der Waals surface area (Å²) >= 11 is 0. The number of hydrogen-bond donors (Lipinski definition) is 2. The van der Waals surface area contributed by atoms with Crippen LogP contribution in [-0.2, 0) is 11.2 Å². The van der Waals surface area contributed by atoms with Gasteiger partial charge in [-0.1, -0.05) is 19.0 Å². The monoisotopic (exact) mass is 294 g/mol. The fraction of sp³-hybridized carbons (Fsp3) is 0.643. The van der Waals surface area contributed by atoms with E-state index in [-0.39, 0.29) is 23.6 Å². The van der Waals surface area contributed by atoms with Gasteiger partial charge in [-0.2, -0.15) is 0 Å². The van der Waals surface area contributed by atoms with Crippen LogP contribution in [0.2, 0.25) is 0 Å². The molecule has 1 aliphatic heterocycles. The lowest BCUT2D eigenvalue weighted by Gasteiger charge is -2.21. The summed E-state index contributed by atoms with van der Waals surface area (Å²) in [4.78, 5) is 25.8. The first-order valence-electron chi connectivity index (χ1n) is 7.16. The summed E-state index contributed by atoms with van der Waals surface area (Å²) in [5.74, 6) is 0.0443. The molecule has 1 aromatic heterocycles. The molecule has 1 fully saturated rings. The van der Waals surface area contributed by atoms with Crippen LogP contribution in [0.15, 0.2) is 10.6 Å². The predicted molar refractivity (Wildman–Crippen MR) is 76.5 cm³/mol. The average molecular weight is 294 g/mol. The van der Waals surface area contributed by atoms with E-state index in [1.165, 1.54) is 4.90 Å². The highest BCUT2D eigenvalue weighted by atomic mass is 16.5. The largest absolute Gasteiger partial charge is 0.357 e. The molecule has 1 aromatic rings. The minimum Gasteiger partial charge on any atom is -0.357 e. The van der Waals surface area contributed by atoms with E-state index in [4.69, 9.17) is 10.3 Å². The summed E-state index contributed by atoms with van der Waals surface area (Å²) in [6, 6.07) is 0.901. The van der Waals surface area contributed by atoms with E-state index in [0.29, 0.717) is 18.9 Å². The van der Waals surface area contributed by atoms with Crippen molar-refractivity contribution in [3.63, 3.8) is 0 Å². The standard InChI is InChI=1S/C14H22N4O3/c1-8(2)4-10-6-12(21-17-10)14(20)18-7-9(15)5-11(18)13(19)16-3/h6,8-9,11H,4-5,7,15H2,1-3H3,(H,16,19)/t9-,11+/m1/s1. The molecule has 0 spiro atoms. The molecule has 1 saturated heterocycles. The Morgan fingerprint density at radius 1 is 1.57 bits per heavy atom. The molecule has 2 atom stereocenters. The van der Waals surface area contributed by atoms with Crippen molar-refractivity contribution in [2.45, 2.75) is 38.8 Å². The maximum absolute atomic E-state index is 12.5. The fourth-order valence-corrected chi connectivity index (χ4v) is 2.58. The molecule has 0 saturated carbocycles. The molecule has 116 valence electrons. The van der Waals surface area contributed by atoms with Crippen molar-refractivity contribution >= 4 is 11.8 Å². The Morgan fingerprint density at radius 3 is 2.90 bits per heavy atom. The van der Waals surface area contributed by atoms with E-state index in [1.54, 1.807) is 13.1 Å². The zero-order valence-electron chi connectivity index (χ0n) is 12.6. The number of rotatable bonds is 4. The van der Waals surface area contributed by atoms with Gasteiger partial charge in [0.15, 0.2) is 0 Å². The molecule has 0 radical (unpaired) electrons. The van der Waals surface area contributed by atoms with Crippen molar-refractivity contribution in [1.82, 2.24) is 15.4 Å². The van der Waals surface area contributed by atoms with Crippen molar-refractivity contribution in [3.8, 4) is 0 Å². The summed E-state index contributed by atoms with van der Waals surface area (Å²) in [5, 5.41) is 6.46. The smallest absolute Gasteiger partial charge is 0.293 e. The van der Waals surface area contributed by atoms with Gasteiger partial charge in [-0.3, -0.25) is 9.59 Å². The topological polar surface area (TPSA) is 101 Å². The number of likely N-dealkylation sites (tertiary alicyclic amines) is 1. The zero-order chi connectivity index (χ0) is 15.6. The van der Waals surface area contributed by atoms with Crippen LogP contribution in [0.1, 0.15) is 36.5 Å². The third-order valence-corrected chi connectivity index (χ3v) is 3.53. The normalized spacial score (nSPS) is 21.9. The van der Waals surface area contributed by atoms with Crippen LogP contribution in [0, 0.1) is 5.92 Å². The molecule has 2 rings (SSSR count). The molecular formula is C14H22N4O3. The summed E-state index contributed by atoms with van der Waals surface area (Å²) in [7, 11) is 1.55. The second-order valence-electron chi connectivity index (χ2n) is 5.86. The van der Waals surface area contributed by atoms with Crippen molar-refractivity contribution in [2.24, 2.45) is 11.7 Å². The molecule has 0 unspecified atom stereocenters. The number of likely N-dealkylation sites (N-methyl/N-ethyl adjacent to an activating group) is 1. The van der Waals surface area contributed by atoms with Crippen LogP contribution in [0.25, 0.3) is 0 Å². The minimum atomic E-state index is -0.545. The number of carbonyl (C=O) groups excluding carboxylic acids is 2. The molecule has 2 amide bonds. The highest BCUT2D eigenvalue weighted by molar-refractivity contribution is 5.96. The van der Waals surface area contributed by atoms with Gasteiger partial charge < -0.3 is 20.5 Å². The van der Waals surface area contributed by atoms with E-state index in [2.05, 4.69) is 24.3 Å². The number of nitrogens with two attached hydrogens (primary N) is 1. The van der Waals surface area contributed by atoms with Crippen LogP contribution in [0.5, 0.6) is 0 Å². The molecule has 0 bridgehead atoms. The predicted octanol–water partition coefficient (Wildman–Crippen LogP) is 0.161. The molecule has 3 N–H and O–H groups in total. The Hall–Kier alpha value is -1.89. The maximum atomic E-state index is 12.5. The summed E-state index contributed by atoms with van der Waals surface area (Å²) in [6.45, 7) is 4.48. The first kappa shape index (κ1) is 15.5. The molecule has 21 heavy (non-hydrogen) atoms. The van der Waals surface area contributed by atoms with Gasteiger partial charge in [0, 0.05) is 25.7 Å². The van der Waals surface area contributed by atoms with E-state index in [9.17, 15) is 9.59 Å². The van der Waals surface area contributed by atoms with E-state index >= 15 is 0 Å². The molecule has 7 nitrogen and oxygen atoms in total.